The van der Waals surface area contributed by atoms with E-state index in [4.69, 9.17) is 0 Å². The lowest BCUT2D eigenvalue weighted by Crippen LogP contribution is -2.56. The molecule has 0 aromatic rings. The zero-order chi connectivity index (χ0) is 20.3. The molecule has 0 aliphatic heterocycles. The second-order valence-corrected chi connectivity index (χ2v) is 11.4. The minimum Gasteiger partial charge on any atom is -0.295 e. The van der Waals surface area contributed by atoms with E-state index in [0.717, 1.165) is 48.3 Å². The SMILES string of the molecule is CCC1C[C@@]2(C)CC[C@@H]3[C@@H](C(CC)C(CC)C4=CC(=O)CC[C@@]43C)[C@@H]2C1CC. The van der Waals surface area contributed by atoms with Crippen LogP contribution in [-0.2, 0) is 4.79 Å². The van der Waals surface area contributed by atoms with E-state index in [-0.39, 0.29) is 5.41 Å². The zero-order valence-electron chi connectivity index (χ0n) is 19.4. The van der Waals surface area contributed by atoms with Crippen molar-refractivity contribution in [2.24, 2.45) is 52.3 Å². The Morgan fingerprint density at radius 1 is 0.964 bits per heavy atom. The van der Waals surface area contributed by atoms with Gasteiger partial charge in [0.1, 0.15) is 0 Å². The van der Waals surface area contributed by atoms with Gasteiger partial charge >= 0.3 is 0 Å². The molecular weight excluding hydrogens is 340 g/mol. The normalized spacial score (nSPS) is 50.6. The highest BCUT2D eigenvalue weighted by molar-refractivity contribution is 5.91. The first-order chi connectivity index (χ1) is 13.3. The number of rotatable bonds is 4. The van der Waals surface area contributed by atoms with Gasteiger partial charge in [0, 0.05) is 6.42 Å². The van der Waals surface area contributed by atoms with E-state index < -0.39 is 0 Å². The van der Waals surface area contributed by atoms with Crippen molar-refractivity contribution in [1.29, 1.82) is 0 Å². The van der Waals surface area contributed by atoms with Crippen molar-refractivity contribution in [3.8, 4) is 0 Å². The molecule has 0 aromatic heterocycles. The molecule has 4 aliphatic rings. The molecule has 9 atom stereocenters. The highest BCUT2D eigenvalue weighted by atomic mass is 16.1. The number of carbonyl (C=O) groups excluding carboxylic acids is 1. The molecule has 28 heavy (non-hydrogen) atoms. The molecule has 158 valence electrons. The molecule has 0 heterocycles. The molecule has 0 N–H and O–H groups in total. The van der Waals surface area contributed by atoms with Crippen LogP contribution in [0.5, 0.6) is 0 Å². The summed E-state index contributed by atoms with van der Waals surface area (Å²) in [6, 6.07) is 0. The second kappa shape index (κ2) is 7.28. The minimum atomic E-state index is 0.287. The molecular formula is C27H44O. The van der Waals surface area contributed by atoms with Gasteiger partial charge in [-0.15, -0.1) is 0 Å². The van der Waals surface area contributed by atoms with Crippen molar-refractivity contribution in [3.63, 3.8) is 0 Å². The van der Waals surface area contributed by atoms with Crippen molar-refractivity contribution < 1.29 is 4.79 Å². The molecule has 0 spiro atoms. The van der Waals surface area contributed by atoms with E-state index in [0.29, 0.717) is 17.1 Å². The largest absolute Gasteiger partial charge is 0.295 e. The smallest absolute Gasteiger partial charge is 0.155 e. The Balaban J connectivity index is 1.83. The van der Waals surface area contributed by atoms with Gasteiger partial charge in [0.25, 0.3) is 0 Å². The van der Waals surface area contributed by atoms with Crippen LogP contribution < -0.4 is 0 Å². The summed E-state index contributed by atoms with van der Waals surface area (Å²) < 4.78 is 0. The topological polar surface area (TPSA) is 17.1 Å². The van der Waals surface area contributed by atoms with Gasteiger partial charge in [-0.05, 0) is 90.4 Å². The van der Waals surface area contributed by atoms with E-state index >= 15 is 0 Å². The Labute approximate surface area is 174 Å². The third-order valence-corrected chi connectivity index (χ3v) is 10.5. The molecule has 4 rings (SSSR count). The summed E-state index contributed by atoms with van der Waals surface area (Å²) in [5.41, 5.74) is 2.42. The van der Waals surface area contributed by atoms with Gasteiger partial charge in [-0.25, -0.2) is 0 Å². The van der Waals surface area contributed by atoms with Gasteiger partial charge in [0.05, 0.1) is 0 Å². The maximum absolute atomic E-state index is 12.4. The average Bonchev–Trinajstić information content (AvgIpc) is 2.99. The lowest BCUT2D eigenvalue weighted by atomic mass is 9.41. The van der Waals surface area contributed by atoms with E-state index in [1.54, 1.807) is 5.57 Å². The van der Waals surface area contributed by atoms with Crippen LogP contribution in [0.1, 0.15) is 99.3 Å². The van der Waals surface area contributed by atoms with E-state index in [2.05, 4.69) is 47.6 Å². The van der Waals surface area contributed by atoms with Crippen LogP contribution >= 0.6 is 0 Å². The number of ketones is 1. The maximum Gasteiger partial charge on any atom is 0.155 e. The fraction of sp³-hybridized carbons (Fsp3) is 0.889. The second-order valence-electron chi connectivity index (χ2n) is 11.4. The molecule has 3 saturated carbocycles. The molecule has 4 aliphatic carbocycles. The zero-order valence-corrected chi connectivity index (χ0v) is 19.4. The Bertz CT molecular complexity index is 647. The standard InChI is InChI=1S/C27H44O/c1-7-17-16-26(5)13-12-22-24(25(26)19(17)8-2)21(10-4)20(9-3)23-15-18(28)11-14-27(22,23)6/h15,17,19-22,24-25H,7-14,16H2,1-6H3/t17?,19?,20?,21?,22-,24-,25+,26-,27-/m1/s1. The lowest BCUT2D eigenvalue weighted by Gasteiger charge is -2.63. The Morgan fingerprint density at radius 2 is 1.68 bits per heavy atom. The van der Waals surface area contributed by atoms with Crippen LogP contribution in [0.15, 0.2) is 11.6 Å². The van der Waals surface area contributed by atoms with Gasteiger partial charge in [0.2, 0.25) is 0 Å². The molecule has 0 saturated heterocycles. The number of hydrogen-bond donors (Lipinski definition) is 0. The predicted octanol–water partition coefficient (Wildman–Crippen LogP) is 7.45. The van der Waals surface area contributed by atoms with Crippen molar-refractivity contribution >= 4 is 5.78 Å². The number of fused-ring (bicyclic) bond motifs is 5. The number of allylic oxidation sites excluding steroid dienone is 1. The summed E-state index contributed by atoms with van der Waals surface area (Å²) >= 11 is 0. The maximum atomic E-state index is 12.4. The van der Waals surface area contributed by atoms with Crippen LogP contribution in [0.3, 0.4) is 0 Å². The molecule has 4 unspecified atom stereocenters. The summed E-state index contributed by atoms with van der Waals surface area (Å²) in [7, 11) is 0. The Hall–Kier alpha value is -0.590. The first kappa shape index (κ1) is 20.7. The molecule has 1 heteroatoms. The van der Waals surface area contributed by atoms with Crippen molar-refractivity contribution in [2.45, 2.75) is 99.3 Å². The summed E-state index contributed by atoms with van der Waals surface area (Å²) in [6.07, 6.45) is 13.6. The van der Waals surface area contributed by atoms with Gasteiger partial charge in [-0.2, -0.15) is 0 Å². The molecule has 0 bridgehead atoms. The van der Waals surface area contributed by atoms with Gasteiger partial charge in [0.15, 0.2) is 5.78 Å². The highest BCUT2D eigenvalue weighted by Crippen LogP contribution is 2.71. The predicted molar refractivity (Wildman–Crippen MR) is 118 cm³/mol. The Kier molecular flexibility index (Phi) is 5.37. The van der Waals surface area contributed by atoms with Gasteiger partial charge in [-0.1, -0.05) is 66.4 Å². The molecule has 0 aromatic carbocycles. The van der Waals surface area contributed by atoms with Crippen molar-refractivity contribution in [3.05, 3.63) is 11.6 Å². The quantitative estimate of drug-likeness (QED) is 0.492. The minimum absolute atomic E-state index is 0.287. The monoisotopic (exact) mass is 384 g/mol. The van der Waals surface area contributed by atoms with Crippen LogP contribution in [0.2, 0.25) is 0 Å². The lowest BCUT2D eigenvalue weighted by molar-refractivity contribution is -0.122. The van der Waals surface area contributed by atoms with E-state index in [1.165, 1.54) is 44.9 Å². The average molecular weight is 385 g/mol. The van der Waals surface area contributed by atoms with E-state index in [1.807, 2.05) is 0 Å². The first-order valence-corrected chi connectivity index (χ1v) is 12.6. The summed E-state index contributed by atoms with van der Waals surface area (Å²) in [5.74, 6) is 6.29. The highest BCUT2D eigenvalue weighted by Gasteiger charge is 2.63. The number of carbonyl (C=O) groups is 1. The van der Waals surface area contributed by atoms with Crippen LogP contribution in [0, 0.1) is 52.3 Å². The molecule has 0 amide bonds. The summed E-state index contributed by atoms with van der Waals surface area (Å²) in [5, 5.41) is 0. The van der Waals surface area contributed by atoms with Gasteiger partial charge < -0.3 is 0 Å². The first-order valence-electron chi connectivity index (χ1n) is 12.6. The summed E-state index contributed by atoms with van der Waals surface area (Å²) in [4.78, 5) is 12.4. The van der Waals surface area contributed by atoms with Crippen molar-refractivity contribution in [1.82, 2.24) is 0 Å². The molecule has 3 fully saturated rings. The van der Waals surface area contributed by atoms with Gasteiger partial charge in [-0.3, -0.25) is 4.79 Å². The third-order valence-electron chi connectivity index (χ3n) is 10.5. The fourth-order valence-electron chi connectivity index (χ4n) is 9.43. The van der Waals surface area contributed by atoms with Crippen molar-refractivity contribution in [2.75, 3.05) is 0 Å². The molecule has 0 radical (unpaired) electrons. The van der Waals surface area contributed by atoms with Crippen LogP contribution in [-0.4, -0.2) is 5.78 Å². The Morgan fingerprint density at radius 3 is 2.29 bits per heavy atom. The van der Waals surface area contributed by atoms with Crippen LogP contribution in [0.4, 0.5) is 0 Å². The molecule has 1 nitrogen and oxygen atoms in total. The number of hydrogen-bond acceptors (Lipinski definition) is 1. The van der Waals surface area contributed by atoms with Crippen LogP contribution in [0.25, 0.3) is 0 Å². The fourth-order valence-corrected chi connectivity index (χ4v) is 9.43. The summed E-state index contributed by atoms with van der Waals surface area (Å²) in [6.45, 7) is 15.0. The third kappa shape index (κ3) is 2.73. The van der Waals surface area contributed by atoms with E-state index in [9.17, 15) is 4.79 Å².